The first-order valence-corrected chi connectivity index (χ1v) is 14.9. The lowest BCUT2D eigenvalue weighted by Crippen LogP contribution is -2.49. The molecule has 5 N–H and O–H groups in total. The van der Waals surface area contributed by atoms with E-state index < -0.39 is 41.5 Å². The zero-order chi connectivity index (χ0) is 34.4. The first kappa shape index (κ1) is 35.9. The van der Waals surface area contributed by atoms with Crippen molar-refractivity contribution < 1.29 is 48.4 Å². The van der Waals surface area contributed by atoms with Gasteiger partial charge >= 0.3 is 23.9 Å². The quantitative estimate of drug-likeness (QED) is 0.0962. The maximum absolute atomic E-state index is 13.1. The van der Waals surface area contributed by atoms with Gasteiger partial charge in [0.2, 0.25) is 5.91 Å². The Morgan fingerprint density at radius 3 is 2.21 bits per heavy atom. The highest BCUT2D eigenvalue weighted by molar-refractivity contribution is 6.36. The lowest BCUT2D eigenvalue weighted by atomic mass is 10.0. The molecule has 3 rings (SSSR count). The standard InChI is InChI=1S/C34H39N3O10/c1-34(2,3)47-33(44)37-25(20-22-14-16-24(17-15-22)36-30(40)31(41)42)29(39)35-18-7-8-19-45-27-13-9-12-26(38)28(27)32(43)46-21-23-10-5-4-6-11-23/h4-6,9-17,25,38H,7-8,18-21H2,1-3H3,(H,35,39)(H,36,40)(H,37,44)(H,41,42). The molecule has 0 radical (unpaired) electrons. The topological polar surface area (TPSA) is 190 Å². The Balaban J connectivity index is 1.52. The number of benzene rings is 3. The van der Waals surface area contributed by atoms with Crippen molar-refractivity contribution in [2.45, 2.75) is 58.3 Å². The molecule has 0 aliphatic carbocycles. The van der Waals surface area contributed by atoms with E-state index in [0.29, 0.717) is 18.4 Å². The van der Waals surface area contributed by atoms with E-state index in [-0.39, 0.29) is 48.9 Å². The average molecular weight is 650 g/mol. The van der Waals surface area contributed by atoms with Gasteiger partial charge in [-0.05, 0) is 69.0 Å². The van der Waals surface area contributed by atoms with E-state index in [1.807, 2.05) is 30.3 Å². The molecule has 0 bridgehead atoms. The van der Waals surface area contributed by atoms with Crippen molar-refractivity contribution in [3.63, 3.8) is 0 Å². The van der Waals surface area contributed by atoms with Crippen LogP contribution in [0.5, 0.6) is 11.5 Å². The fourth-order valence-electron chi connectivity index (χ4n) is 4.19. The number of phenols is 1. The second kappa shape index (κ2) is 17.2. The van der Waals surface area contributed by atoms with E-state index in [1.165, 1.54) is 18.2 Å². The largest absolute Gasteiger partial charge is 0.507 e. The summed E-state index contributed by atoms with van der Waals surface area (Å²) in [5.41, 5.74) is 0.817. The van der Waals surface area contributed by atoms with Gasteiger partial charge in [0.25, 0.3) is 0 Å². The van der Waals surface area contributed by atoms with Crippen LogP contribution >= 0.6 is 0 Å². The van der Waals surface area contributed by atoms with E-state index in [2.05, 4.69) is 16.0 Å². The van der Waals surface area contributed by atoms with Gasteiger partial charge in [-0.15, -0.1) is 0 Å². The number of carbonyl (C=O) groups excluding carboxylic acids is 4. The van der Waals surface area contributed by atoms with Crippen molar-refractivity contribution in [3.8, 4) is 11.5 Å². The molecule has 3 aromatic carbocycles. The van der Waals surface area contributed by atoms with Gasteiger partial charge in [0, 0.05) is 18.7 Å². The molecule has 0 saturated heterocycles. The molecule has 3 amide bonds. The molecule has 0 aliphatic rings. The lowest BCUT2D eigenvalue weighted by Gasteiger charge is -2.23. The highest BCUT2D eigenvalue weighted by Crippen LogP contribution is 2.29. The van der Waals surface area contributed by atoms with Gasteiger partial charge < -0.3 is 40.4 Å². The molecule has 0 aromatic heterocycles. The molecule has 13 nitrogen and oxygen atoms in total. The monoisotopic (exact) mass is 649 g/mol. The second-order valence-electron chi connectivity index (χ2n) is 11.4. The third-order valence-electron chi connectivity index (χ3n) is 6.40. The number of alkyl carbamates (subject to hydrolysis) is 1. The summed E-state index contributed by atoms with van der Waals surface area (Å²) in [5, 5.41) is 26.7. The summed E-state index contributed by atoms with van der Waals surface area (Å²) in [5.74, 6) is -4.09. The Bertz CT molecular complexity index is 1540. The van der Waals surface area contributed by atoms with Gasteiger partial charge in [-0.1, -0.05) is 48.5 Å². The molecular weight excluding hydrogens is 610 g/mol. The Morgan fingerprint density at radius 1 is 0.851 bits per heavy atom. The van der Waals surface area contributed by atoms with Crippen LogP contribution in [0.15, 0.2) is 72.8 Å². The minimum absolute atomic E-state index is 0.0350. The second-order valence-corrected chi connectivity index (χ2v) is 11.4. The molecule has 3 aromatic rings. The van der Waals surface area contributed by atoms with E-state index in [4.69, 9.17) is 19.3 Å². The minimum atomic E-state index is -1.62. The van der Waals surface area contributed by atoms with Gasteiger partial charge in [0.05, 0.1) is 6.61 Å². The number of esters is 1. The van der Waals surface area contributed by atoms with Crippen molar-refractivity contribution in [2.75, 3.05) is 18.5 Å². The van der Waals surface area contributed by atoms with E-state index >= 15 is 0 Å². The number of aromatic hydroxyl groups is 1. The molecule has 0 fully saturated rings. The van der Waals surface area contributed by atoms with Crippen LogP contribution in [0.2, 0.25) is 0 Å². The van der Waals surface area contributed by atoms with Gasteiger partial charge in [-0.2, -0.15) is 0 Å². The Labute approximate surface area is 272 Å². The summed E-state index contributed by atoms with van der Waals surface area (Å²) in [4.78, 5) is 60.5. The predicted octanol–water partition coefficient (Wildman–Crippen LogP) is 4.18. The number of unbranched alkanes of at least 4 members (excludes halogenated alkanes) is 1. The van der Waals surface area contributed by atoms with Crippen LogP contribution in [0.25, 0.3) is 0 Å². The van der Waals surface area contributed by atoms with Crippen molar-refractivity contribution in [1.29, 1.82) is 0 Å². The summed E-state index contributed by atoms with van der Waals surface area (Å²) in [7, 11) is 0. The molecule has 13 heteroatoms. The number of rotatable bonds is 14. The third kappa shape index (κ3) is 12.4. The predicted molar refractivity (Wildman–Crippen MR) is 171 cm³/mol. The Kier molecular flexibility index (Phi) is 13.1. The fraction of sp³-hybridized carbons (Fsp3) is 0.324. The zero-order valence-corrected chi connectivity index (χ0v) is 26.4. The van der Waals surface area contributed by atoms with E-state index in [0.717, 1.165) is 5.56 Å². The highest BCUT2D eigenvalue weighted by atomic mass is 16.6. The zero-order valence-electron chi connectivity index (χ0n) is 26.4. The molecule has 47 heavy (non-hydrogen) atoms. The molecule has 0 aliphatic heterocycles. The van der Waals surface area contributed by atoms with Crippen LogP contribution in [-0.4, -0.2) is 64.9 Å². The maximum atomic E-state index is 13.1. The molecule has 1 unspecified atom stereocenters. The normalized spacial score (nSPS) is 11.5. The average Bonchev–Trinajstić information content (AvgIpc) is 3.01. The lowest BCUT2D eigenvalue weighted by molar-refractivity contribution is -0.147. The highest BCUT2D eigenvalue weighted by Gasteiger charge is 2.25. The van der Waals surface area contributed by atoms with Crippen molar-refractivity contribution in [2.24, 2.45) is 0 Å². The van der Waals surface area contributed by atoms with Gasteiger partial charge in [0.15, 0.2) is 0 Å². The molecule has 0 spiro atoms. The number of amides is 3. The number of ether oxygens (including phenoxy) is 3. The van der Waals surface area contributed by atoms with Gasteiger partial charge in [-0.3, -0.25) is 9.59 Å². The number of anilines is 1. The Hall–Kier alpha value is -5.59. The fourth-order valence-corrected chi connectivity index (χ4v) is 4.19. The van der Waals surface area contributed by atoms with Crippen LogP contribution in [-0.2, 0) is 36.9 Å². The van der Waals surface area contributed by atoms with Crippen LogP contribution in [0.4, 0.5) is 10.5 Å². The molecule has 250 valence electrons. The number of carboxylic acid groups (broad SMARTS) is 1. The van der Waals surface area contributed by atoms with Gasteiger partial charge in [0.1, 0.15) is 35.3 Å². The summed E-state index contributed by atoms with van der Waals surface area (Å²) in [6, 6.07) is 18.8. The SMILES string of the molecule is CC(C)(C)OC(=O)NC(Cc1ccc(NC(=O)C(=O)O)cc1)C(=O)NCCCCOc1cccc(O)c1C(=O)OCc1ccccc1. The maximum Gasteiger partial charge on any atom is 0.408 e. The summed E-state index contributed by atoms with van der Waals surface area (Å²) < 4.78 is 16.4. The summed E-state index contributed by atoms with van der Waals surface area (Å²) in [6.07, 6.45) is 0.292. The van der Waals surface area contributed by atoms with E-state index in [9.17, 15) is 29.1 Å². The first-order valence-electron chi connectivity index (χ1n) is 14.9. The smallest absolute Gasteiger partial charge is 0.408 e. The minimum Gasteiger partial charge on any atom is -0.507 e. The van der Waals surface area contributed by atoms with E-state index in [1.54, 1.807) is 45.0 Å². The number of phenolic OH excluding ortho intramolecular Hbond substituents is 1. The number of hydrogen-bond donors (Lipinski definition) is 5. The molecular formula is C34H39N3O10. The molecule has 0 heterocycles. The number of nitrogens with one attached hydrogen (secondary N) is 3. The number of carbonyl (C=O) groups is 5. The molecule has 0 saturated carbocycles. The number of carboxylic acids is 1. The third-order valence-corrected chi connectivity index (χ3v) is 6.40. The van der Waals surface area contributed by atoms with Crippen molar-refractivity contribution >= 4 is 35.5 Å². The van der Waals surface area contributed by atoms with Crippen molar-refractivity contribution in [3.05, 3.63) is 89.5 Å². The van der Waals surface area contributed by atoms with Crippen LogP contribution in [0.1, 0.15) is 55.1 Å². The number of hydrogen-bond acceptors (Lipinski definition) is 9. The van der Waals surface area contributed by atoms with Gasteiger partial charge in [-0.25, -0.2) is 14.4 Å². The van der Waals surface area contributed by atoms with Crippen LogP contribution in [0.3, 0.4) is 0 Å². The first-order chi connectivity index (χ1) is 22.3. The van der Waals surface area contributed by atoms with Crippen LogP contribution in [0, 0.1) is 0 Å². The molecule has 1 atom stereocenters. The Morgan fingerprint density at radius 2 is 1.55 bits per heavy atom. The van der Waals surface area contributed by atoms with Crippen LogP contribution < -0.4 is 20.7 Å². The summed E-state index contributed by atoms with van der Waals surface area (Å²) in [6.45, 7) is 5.56. The van der Waals surface area contributed by atoms with Crippen molar-refractivity contribution in [1.82, 2.24) is 10.6 Å². The number of aliphatic carboxylic acids is 1. The summed E-state index contributed by atoms with van der Waals surface area (Å²) >= 11 is 0.